The van der Waals surface area contributed by atoms with Crippen LogP contribution in [0.4, 0.5) is 5.69 Å². The lowest BCUT2D eigenvalue weighted by Crippen LogP contribution is -2.37. The maximum absolute atomic E-state index is 6.40. The van der Waals surface area contributed by atoms with Crippen LogP contribution in [-0.4, -0.2) is 39.1 Å². The van der Waals surface area contributed by atoms with Gasteiger partial charge in [-0.3, -0.25) is 4.99 Å². The van der Waals surface area contributed by atoms with Gasteiger partial charge in [0.15, 0.2) is 0 Å². The van der Waals surface area contributed by atoms with Gasteiger partial charge in [0.1, 0.15) is 0 Å². The fourth-order valence-corrected chi connectivity index (χ4v) is 3.24. The summed E-state index contributed by atoms with van der Waals surface area (Å²) in [7, 11) is 3.77. The molecule has 1 aliphatic heterocycles. The van der Waals surface area contributed by atoms with Crippen LogP contribution in [0.25, 0.3) is 0 Å². The van der Waals surface area contributed by atoms with Gasteiger partial charge in [0.05, 0.1) is 24.9 Å². The molecule has 0 amide bonds. The number of aliphatic imine (C=N–C) groups is 1. The van der Waals surface area contributed by atoms with Crippen LogP contribution in [0.2, 0.25) is 10.0 Å². The van der Waals surface area contributed by atoms with Crippen molar-refractivity contribution in [1.29, 1.82) is 0 Å². The number of hydrogen-bond donors (Lipinski definition) is 0. The number of methoxy groups -OCH3 is 1. The van der Waals surface area contributed by atoms with Gasteiger partial charge in [-0.25, -0.2) is 0 Å². The molecule has 0 aromatic heterocycles. The number of hydrogen-bond acceptors (Lipinski definition) is 3. The zero-order valence-corrected chi connectivity index (χ0v) is 14.6. The normalized spacial score (nSPS) is 17.5. The highest BCUT2D eigenvalue weighted by Gasteiger charge is 2.25. The van der Waals surface area contributed by atoms with Crippen LogP contribution in [0, 0.1) is 0 Å². The van der Waals surface area contributed by atoms with Crippen molar-refractivity contribution in [2.45, 2.75) is 6.04 Å². The van der Waals surface area contributed by atoms with E-state index in [1.165, 1.54) is 0 Å². The lowest BCUT2D eigenvalue weighted by Gasteiger charge is -2.28. The molecule has 1 unspecified atom stereocenters. The third kappa shape index (κ3) is 3.23. The second-order valence-electron chi connectivity index (χ2n) is 5.55. The van der Waals surface area contributed by atoms with E-state index in [4.69, 9.17) is 32.9 Å². The van der Waals surface area contributed by atoms with E-state index in [0.717, 1.165) is 22.5 Å². The Kier molecular flexibility index (Phi) is 4.90. The summed E-state index contributed by atoms with van der Waals surface area (Å²) in [6.07, 6.45) is 0. The summed E-state index contributed by atoms with van der Waals surface area (Å²) in [5, 5.41) is 1.37. The van der Waals surface area contributed by atoms with E-state index in [1.807, 2.05) is 42.5 Å². The summed E-state index contributed by atoms with van der Waals surface area (Å²) in [6, 6.07) is 13.8. The average molecular weight is 349 g/mol. The number of likely N-dealkylation sites (N-methyl/N-ethyl adjacent to an activating group) is 1. The number of rotatable bonds is 3. The Morgan fingerprint density at radius 3 is 2.70 bits per heavy atom. The number of anilines is 1. The second kappa shape index (κ2) is 6.91. The topological polar surface area (TPSA) is 24.8 Å². The molecule has 23 heavy (non-hydrogen) atoms. The number of fused-ring (bicyclic) bond motifs is 1. The molecular formula is C18H18Cl2N2O. The van der Waals surface area contributed by atoms with Gasteiger partial charge in [0.25, 0.3) is 0 Å². The van der Waals surface area contributed by atoms with Crippen LogP contribution >= 0.6 is 23.2 Å². The molecule has 0 N–H and O–H groups in total. The van der Waals surface area contributed by atoms with E-state index in [9.17, 15) is 0 Å². The fraction of sp³-hybridized carbons (Fsp3) is 0.278. The van der Waals surface area contributed by atoms with Gasteiger partial charge >= 0.3 is 0 Å². The Hall–Kier alpha value is -1.55. The van der Waals surface area contributed by atoms with Gasteiger partial charge in [0.2, 0.25) is 0 Å². The minimum absolute atomic E-state index is 0.167. The summed E-state index contributed by atoms with van der Waals surface area (Å²) >= 11 is 12.6. The first kappa shape index (κ1) is 16.3. The van der Waals surface area contributed by atoms with Crippen LogP contribution in [0.1, 0.15) is 11.1 Å². The van der Waals surface area contributed by atoms with Crippen molar-refractivity contribution < 1.29 is 4.74 Å². The van der Waals surface area contributed by atoms with Crippen LogP contribution in [0.3, 0.4) is 0 Å². The van der Waals surface area contributed by atoms with Crippen molar-refractivity contribution >= 4 is 34.6 Å². The highest BCUT2D eigenvalue weighted by molar-refractivity contribution is 6.36. The third-order valence-corrected chi connectivity index (χ3v) is 4.65. The molecule has 1 aliphatic rings. The van der Waals surface area contributed by atoms with E-state index in [1.54, 1.807) is 7.11 Å². The van der Waals surface area contributed by atoms with Gasteiger partial charge in [-0.1, -0.05) is 41.4 Å². The molecule has 0 fully saturated rings. The average Bonchev–Trinajstić information content (AvgIpc) is 2.67. The summed E-state index contributed by atoms with van der Waals surface area (Å²) < 4.78 is 5.35. The van der Waals surface area contributed by atoms with E-state index >= 15 is 0 Å². The highest BCUT2D eigenvalue weighted by atomic mass is 35.5. The molecule has 0 saturated heterocycles. The summed E-state index contributed by atoms with van der Waals surface area (Å²) in [5.41, 5.74) is 3.86. The molecule has 2 aromatic carbocycles. The maximum Gasteiger partial charge on any atom is 0.0756 e. The van der Waals surface area contributed by atoms with Gasteiger partial charge in [-0.05, 0) is 24.3 Å². The second-order valence-corrected chi connectivity index (χ2v) is 6.39. The zero-order valence-electron chi connectivity index (χ0n) is 13.1. The molecule has 1 atom stereocenters. The van der Waals surface area contributed by atoms with Crippen LogP contribution in [0.5, 0.6) is 0 Å². The molecule has 0 spiro atoms. The van der Waals surface area contributed by atoms with Gasteiger partial charge in [0, 0.05) is 41.0 Å². The molecule has 3 nitrogen and oxygen atoms in total. The van der Waals surface area contributed by atoms with Crippen LogP contribution in [-0.2, 0) is 4.74 Å². The first-order chi connectivity index (χ1) is 11.1. The highest BCUT2D eigenvalue weighted by Crippen LogP contribution is 2.32. The largest absolute Gasteiger partial charge is 0.382 e. The molecule has 3 rings (SSSR count). The lowest BCUT2D eigenvalue weighted by atomic mass is 10.00. The number of halogens is 2. The summed E-state index contributed by atoms with van der Waals surface area (Å²) in [4.78, 5) is 7.04. The zero-order chi connectivity index (χ0) is 16.4. The van der Waals surface area contributed by atoms with Crippen molar-refractivity contribution in [3.8, 4) is 0 Å². The number of nitrogens with zero attached hydrogens (tertiary/aromatic N) is 2. The molecule has 0 radical (unpaired) electrons. The molecule has 120 valence electrons. The van der Waals surface area contributed by atoms with Crippen LogP contribution < -0.4 is 4.90 Å². The lowest BCUT2D eigenvalue weighted by molar-refractivity contribution is 0.180. The van der Waals surface area contributed by atoms with Crippen LogP contribution in [0.15, 0.2) is 47.5 Å². The first-order valence-corrected chi connectivity index (χ1v) is 8.18. The van der Waals surface area contributed by atoms with Crippen molar-refractivity contribution in [1.82, 2.24) is 0 Å². The molecule has 1 heterocycles. The van der Waals surface area contributed by atoms with E-state index in [-0.39, 0.29) is 6.04 Å². The molecule has 2 aromatic rings. The number of benzodiazepines with no additional fused rings is 1. The standard InChI is InChI=1S/C18H18Cl2N2O/c1-22-13(11-23-2)10-21-18(14-5-3-4-6-16(14)20)15-9-12(19)7-8-17(15)22/h3-9,13H,10-11H2,1-2H3. The van der Waals surface area contributed by atoms with Crippen molar-refractivity contribution in [2.75, 3.05) is 32.2 Å². The minimum Gasteiger partial charge on any atom is -0.382 e. The number of ether oxygens (including phenoxy) is 1. The van der Waals surface area contributed by atoms with Gasteiger partial charge in [-0.2, -0.15) is 0 Å². The molecule has 0 aliphatic carbocycles. The van der Waals surface area contributed by atoms with Gasteiger partial charge < -0.3 is 9.64 Å². The smallest absolute Gasteiger partial charge is 0.0756 e. The molecule has 0 saturated carbocycles. The SMILES string of the molecule is COCC1CN=C(c2ccccc2Cl)c2cc(Cl)ccc2N1C. The molecule has 5 heteroatoms. The Morgan fingerprint density at radius 2 is 1.96 bits per heavy atom. The summed E-state index contributed by atoms with van der Waals surface area (Å²) in [5.74, 6) is 0. The van der Waals surface area contributed by atoms with Gasteiger partial charge in [-0.15, -0.1) is 0 Å². The quantitative estimate of drug-likeness (QED) is 0.826. The Labute approximate surface area is 146 Å². The molecule has 0 bridgehead atoms. The Balaban J connectivity index is 2.18. The monoisotopic (exact) mass is 348 g/mol. The first-order valence-electron chi connectivity index (χ1n) is 7.43. The van der Waals surface area contributed by atoms with E-state index in [0.29, 0.717) is 23.2 Å². The van der Waals surface area contributed by atoms with E-state index in [2.05, 4.69) is 11.9 Å². The minimum atomic E-state index is 0.167. The van der Waals surface area contributed by atoms with Crippen molar-refractivity contribution in [3.05, 3.63) is 63.6 Å². The van der Waals surface area contributed by atoms with Crippen molar-refractivity contribution in [2.24, 2.45) is 4.99 Å². The molecular weight excluding hydrogens is 331 g/mol. The predicted molar refractivity (Wildman–Crippen MR) is 97.5 cm³/mol. The maximum atomic E-state index is 6.40. The predicted octanol–water partition coefficient (Wildman–Crippen LogP) is 4.30. The fourth-order valence-electron chi connectivity index (χ4n) is 2.85. The van der Waals surface area contributed by atoms with Crippen molar-refractivity contribution in [3.63, 3.8) is 0 Å². The Bertz CT molecular complexity index is 746. The third-order valence-electron chi connectivity index (χ3n) is 4.09. The number of benzene rings is 2. The Morgan fingerprint density at radius 1 is 1.17 bits per heavy atom. The van der Waals surface area contributed by atoms with E-state index < -0.39 is 0 Å². The summed E-state index contributed by atoms with van der Waals surface area (Å²) in [6.45, 7) is 1.25.